The minimum absolute atomic E-state index is 0.152. The largest absolute Gasteiger partial charge is 0.494 e. The van der Waals surface area contributed by atoms with E-state index in [-0.39, 0.29) is 11.7 Å². The average molecular weight is 448 g/mol. The third-order valence-electron chi connectivity index (χ3n) is 3.51. The molecular formula is C18H18BrN5O2S. The minimum atomic E-state index is -0.152. The lowest BCUT2D eigenvalue weighted by molar-refractivity contribution is -0.113. The third kappa shape index (κ3) is 5.01. The van der Waals surface area contributed by atoms with Crippen molar-refractivity contribution in [1.29, 1.82) is 0 Å². The number of aromatic nitrogens is 3. The van der Waals surface area contributed by atoms with Crippen molar-refractivity contribution in [2.24, 2.45) is 0 Å². The van der Waals surface area contributed by atoms with Crippen LogP contribution < -0.4 is 15.9 Å². The number of hydrogen-bond acceptors (Lipinski definition) is 6. The quantitative estimate of drug-likeness (QED) is 0.424. The zero-order chi connectivity index (χ0) is 19.2. The van der Waals surface area contributed by atoms with E-state index in [4.69, 9.17) is 10.6 Å². The van der Waals surface area contributed by atoms with Gasteiger partial charge in [0.15, 0.2) is 5.82 Å². The Morgan fingerprint density at radius 2 is 2.07 bits per heavy atom. The summed E-state index contributed by atoms with van der Waals surface area (Å²) in [6.07, 6.45) is 0. The van der Waals surface area contributed by atoms with Gasteiger partial charge >= 0.3 is 0 Å². The van der Waals surface area contributed by atoms with Crippen molar-refractivity contribution in [3.05, 3.63) is 53.0 Å². The van der Waals surface area contributed by atoms with Crippen LogP contribution in [0.1, 0.15) is 6.92 Å². The second-order valence-corrected chi connectivity index (χ2v) is 7.34. The number of anilines is 1. The lowest BCUT2D eigenvalue weighted by Crippen LogP contribution is -2.16. The Bertz CT molecular complexity index is 947. The molecule has 140 valence electrons. The van der Waals surface area contributed by atoms with Crippen LogP contribution in [-0.4, -0.2) is 33.1 Å². The highest BCUT2D eigenvalue weighted by Crippen LogP contribution is 2.25. The maximum Gasteiger partial charge on any atom is 0.234 e. The normalized spacial score (nSPS) is 10.6. The van der Waals surface area contributed by atoms with Gasteiger partial charge in [-0.2, -0.15) is 0 Å². The molecule has 9 heteroatoms. The molecule has 3 aromatic rings. The number of nitrogen functional groups attached to an aromatic ring is 1. The maximum atomic E-state index is 12.1. The Labute approximate surface area is 169 Å². The minimum Gasteiger partial charge on any atom is -0.494 e. The number of benzene rings is 2. The Hall–Kier alpha value is -2.52. The predicted octanol–water partition coefficient (Wildman–Crippen LogP) is 3.55. The number of halogens is 1. The summed E-state index contributed by atoms with van der Waals surface area (Å²) in [5.41, 5.74) is 1.51. The number of hydrogen-bond donors (Lipinski definition) is 2. The number of ether oxygens (including phenoxy) is 1. The molecule has 2 aromatic carbocycles. The topological polar surface area (TPSA) is 95.1 Å². The van der Waals surface area contributed by atoms with Crippen LogP contribution in [0.5, 0.6) is 5.75 Å². The molecule has 0 atom stereocenters. The number of nitrogens with one attached hydrogen (secondary N) is 1. The lowest BCUT2D eigenvalue weighted by Gasteiger charge is -2.07. The predicted molar refractivity (Wildman–Crippen MR) is 110 cm³/mol. The molecule has 0 fully saturated rings. The number of thioether (sulfide) groups is 1. The highest BCUT2D eigenvalue weighted by Gasteiger charge is 2.14. The van der Waals surface area contributed by atoms with E-state index in [1.165, 1.54) is 16.4 Å². The summed E-state index contributed by atoms with van der Waals surface area (Å²) in [6.45, 7) is 2.50. The maximum absolute atomic E-state index is 12.1. The molecule has 0 spiro atoms. The van der Waals surface area contributed by atoms with Gasteiger partial charge in [0.1, 0.15) is 5.75 Å². The first kappa shape index (κ1) is 19.2. The highest BCUT2D eigenvalue weighted by atomic mass is 79.9. The fraction of sp³-hybridized carbons (Fsp3) is 0.167. The fourth-order valence-corrected chi connectivity index (χ4v) is 3.41. The molecule has 0 bridgehead atoms. The first-order chi connectivity index (χ1) is 13.1. The average Bonchev–Trinajstić information content (AvgIpc) is 3.01. The number of amides is 1. The SMILES string of the molecule is CCOc1cccc(-c2nnc(SCC(=O)Nc3cccc(Br)c3)n2N)c1. The van der Waals surface area contributed by atoms with Crippen LogP contribution in [0.3, 0.4) is 0 Å². The van der Waals surface area contributed by atoms with E-state index in [1.54, 1.807) is 0 Å². The van der Waals surface area contributed by atoms with Gasteiger partial charge in [-0.1, -0.05) is 45.9 Å². The molecule has 1 aromatic heterocycles. The smallest absolute Gasteiger partial charge is 0.234 e. The van der Waals surface area contributed by atoms with E-state index in [9.17, 15) is 4.79 Å². The first-order valence-corrected chi connectivity index (χ1v) is 9.96. The Balaban J connectivity index is 1.65. The number of nitrogens with zero attached hydrogens (tertiary/aromatic N) is 3. The van der Waals surface area contributed by atoms with Gasteiger partial charge in [0.05, 0.1) is 12.4 Å². The van der Waals surface area contributed by atoms with Gasteiger partial charge in [0.25, 0.3) is 0 Å². The Morgan fingerprint density at radius 3 is 2.85 bits per heavy atom. The molecule has 27 heavy (non-hydrogen) atoms. The van der Waals surface area contributed by atoms with Gasteiger partial charge in [-0.15, -0.1) is 10.2 Å². The molecule has 0 aliphatic heterocycles. The first-order valence-electron chi connectivity index (χ1n) is 8.18. The zero-order valence-electron chi connectivity index (χ0n) is 14.6. The van der Waals surface area contributed by atoms with Crippen molar-refractivity contribution in [3.8, 4) is 17.1 Å². The monoisotopic (exact) mass is 447 g/mol. The lowest BCUT2D eigenvalue weighted by atomic mass is 10.2. The van der Waals surface area contributed by atoms with E-state index in [0.717, 1.165) is 21.5 Å². The van der Waals surface area contributed by atoms with Crippen LogP contribution >= 0.6 is 27.7 Å². The van der Waals surface area contributed by atoms with Crippen molar-refractivity contribution in [3.63, 3.8) is 0 Å². The number of rotatable bonds is 7. The van der Waals surface area contributed by atoms with E-state index in [2.05, 4.69) is 31.4 Å². The van der Waals surface area contributed by atoms with E-state index < -0.39 is 0 Å². The molecule has 0 aliphatic carbocycles. The molecule has 0 aliphatic rings. The Morgan fingerprint density at radius 1 is 1.26 bits per heavy atom. The summed E-state index contributed by atoms with van der Waals surface area (Å²) >= 11 is 4.59. The summed E-state index contributed by atoms with van der Waals surface area (Å²) < 4.78 is 7.77. The summed E-state index contributed by atoms with van der Waals surface area (Å²) in [5.74, 6) is 7.37. The van der Waals surface area contributed by atoms with E-state index >= 15 is 0 Å². The number of nitrogens with two attached hydrogens (primary N) is 1. The van der Waals surface area contributed by atoms with Crippen LogP contribution in [0, 0.1) is 0 Å². The molecule has 1 amide bonds. The van der Waals surface area contributed by atoms with Gasteiger partial charge < -0.3 is 15.9 Å². The van der Waals surface area contributed by atoms with Gasteiger partial charge in [-0.25, -0.2) is 4.68 Å². The van der Waals surface area contributed by atoms with Crippen molar-refractivity contribution in [2.75, 3.05) is 23.5 Å². The van der Waals surface area contributed by atoms with Crippen molar-refractivity contribution >= 4 is 39.3 Å². The molecular weight excluding hydrogens is 430 g/mol. The second-order valence-electron chi connectivity index (χ2n) is 5.48. The fourth-order valence-electron chi connectivity index (χ4n) is 2.36. The summed E-state index contributed by atoms with van der Waals surface area (Å²) in [7, 11) is 0. The van der Waals surface area contributed by atoms with Gasteiger partial charge in [0.2, 0.25) is 11.1 Å². The second kappa shape index (κ2) is 8.92. The molecule has 3 rings (SSSR count). The number of carbonyl (C=O) groups excluding carboxylic acids is 1. The summed E-state index contributed by atoms with van der Waals surface area (Å²) in [4.78, 5) is 12.1. The van der Waals surface area contributed by atoms with Crippen LogP contribution in [0.25, 0.3) is 11.4 Å². The summed E-state index contributed by atoms with van der Waals surface area (Å²) in [6, 6.07) is 14.9. The molecule has 0 unspecified atom stereocenters. The van der Waals surface area contributed by atoms with E-state index in [0.29, 0.717) is 17.6 Å². The number of carbonyl (C=O) groups is 1. The van der Waals surface area contributed by atoms with Gasteiger partial charge in [0, 0.05) is 15.7 Å². The van der Waals surface area contributed by atoms with E-state index in [1.807, 2.05) is 55.5 Å². The molecule has 0 radical (unpaired) electrons. The highest BCUT2D eigenvalue weighted by molar-refractivity contribution is 9.10. The standard InChI is InChI=1S/C18H18BrN5O2S/c1-2-26-15-8-3-5-12(9-15)17-22-23-18(24(17)20)27-11-16(25)21-14-7-4-6-13(19)10-14/h3-10H,2,11,20H2,1H3,(H,21,25). The van der Waals surface area contributed by atoms with Crippen LogP contribution in [0.2, 0.25) is 0 Å². The van der Waals surface area contributed by atoms with Crippen LogP contribution in [0.4, 0.5) is 5.69 Å². The van der Waals surface area contributed by atoms with Gasteiger partial charge in [-0.05, 0) is 37.3 Å². The van der Waals surface area contributed by atoms with Gasteiger partial charge in [-0.3, -0.25) is 4.79 Å². The molecule has 7 nitrogen and oxygen atoms in total. The van der Waals surface area contributed by atoms with Crippen molar-refractivity contribution in [2.45, 2.75) is 12.1 Å². The van der Waals surface area contributed by atoms with Crippen molar-refractivity contribution < 1.29 is 9.53 Å². The molecule has 0 saturated carbocycles. The molecule has 0 saturated heterocycles. The molecule has 3 N–H and O–H groups in total. The Kier molecular flexibility index (Phi) is 6.36. The van der Waals surface area contributed by atoms with Crippen LogP contribution in [-0.2, 0) is 4.79 Å². The molecule has 1 heterocycles. The summed E-state index contributed by atoms with van der Waals surface area (Å²) in [5, 5.41) is 11.5. The third-order valence-corrected chi connectivity index (χ3v) is 4.94. The zero-order valence-corrected chi connectivity index (χ0v) is 17.0. The van der Waals surface area contributed by atoms with Crippen molar-refractivity contribution in [1.82, 2.24) is 14.9 Å². The van der Waals surface area contributed by atoms with Crippen LogP contribution in [0.15, 0.2) is 58.2 Å².